The van der Waals surface area contributed by atoms with Crippen molar-refractivity contribution in [2.75, 3.05) is 0 Å². The van der Waals surface area contributed by atoms with Crippen LogP contribution < -0.4 is 5.73 Å². The fraction of sp³-hybridized carbons (Fsp3) is 0.0714. The first-order valence-electron chi connectivity index (χ1n) is 5.75. The van der Waals surface area contributed by atoms with Crippen molar-refractivity contribution >= 4 is 40.8 Å². The van der Waals surface area contributed by atoms with Gasteiger partial charge >= 0.3 is 0 Å². The number of benzene rings is 2. The molecule has 0 unspecified atom stereocenters. The molecule has 0 heterocycles. The number of hydrogen-bond acceptors (Lipinski definition) is 3. The highest BCUT2D eigenvalue weighted by molar-refractivity contribution is 7.98. The van der Waals surface area contributed by atoms with Crippen LogP contribution in [0.4, 0.5) is 0 Å². The molecule has 0 aromatic heterocycles. The van der Waals surface area contributed by atoms with Crippen LogP contribution in [0.3, 0.4) is 0 Å². The Morgan fingerprint density at radius 3 is 2.75 bits per heavy atom. The summed E-state index contributed by atoms with van der Waals surface area (Å²) < 4.78 is 0. The van der Waals surface area contributed by atoms with Gasteiger partial charge in [-0.25, -0.2) is 0 Å². The standard InChI is InChI=1S/C14H12Cl2N2OS/c15-11-4-5-12(16)13(7-11)20-8-9-2-1-3-10(6-9)14(17)18-19/h1-7,19H,8H2,(H2,17,18). The molecule has 0 spiro atoms. The second-order valence-corrected chi connectivity index (χ2v) is 5.91. The van der Waals surface area contributed by atoms with Gasteiger partial charge in [-0.15, -0.1) is 11.8 Å². The van der Waals surface area contributed by atoms with Crippen molar-refractivity contribution in [1.29, 1.82) is 0 Å². The summed E-state index contributed by atoms with van der Waals surface area (Å²) in [6.45, 7) is 0. The second-order valence-electron chi connectivity index (χ2n) is 4.05. The van der Waals surface area contributed by atoms with Crippen LogP contribution in [0.5, 0.6) is 0 Å². The van der Waals surface area contributed by atoms with Gasteiger partial charge in [0.2, 0.25) is 0 Å². The maximum absolute atomic E-state index is 8.68. The molecule has 20 heavy (non-hydrogen) atoms. The summed E-state index contributed by atoms with van der Waals surface area (Å²) >= 11 is 13.6. The van der Waals surface area contributed by atoms with E-state index in [0.717, 1.165) is 10.5 Å². The minimum atomic E-state index is 0.0950. The molecule has 3 nitrogen and oxygen atoms in total. The predicted molar refractivity (Wildman–Crippen MR) is 85.0 cm³/mol. The SMILES string of the molecule is N/C(=N\O)c1cccc(CSc2cc(Cl)ccc2Cl)c1. The monoisotopic (exact) mass is 326 g/mol. The van der Waals surface area contributed by atoms with E-state index in [0.29, 0.717) is 21.4 Å². The molecular weight excluding hydrogens is 315 g/mol. The molecule has 0 radical (unpaired) electrons. The van der Waals surface area contributed by atoms with E-state index in [9.17, 15) is 0 Å². The lowest BCUT2D eigenvalue weighted by molar-refractivity contribution is 0.318. The van der Waals surface area contributed by atoms with E-state index < -0.39 is 0 Å². The quantitative estimate of drug-likeness (QED) is 0.288. The van der Waals surface area contributed by atoms with Crippen LogP contribution in [0.15, 0.2) is 52.5 Å². The third-order valence-corrected chi connectivity index (χ3v) is 4.42. The van der Waals surface area contributed by atoms with Gasteiger partial charge in [0.05, 0.1) is 5.02 Å². The van der Waals surface area contributed by atoms with E-state index in [1.54, 1.807) is 30.0 Å². The van der Waals surface area contributed by atoms with Crippen molar-refractivity contribution in [1.82, 2.24) is 0 Å². The zero-order valence-electron chi connectivity index (χ0n) is 10.4. The Kier molecular flexibility index (Phi) is 5.17. The van der Waals surface area contributed by atoms with E-state index in [1.807, 2.05) is 24.3 Å². The summed E-state index contributed by atoms with van der Waals surface area (Å²) in [4.78, 5) is 0.924. The Labute approximate surface area is 131 Å². The molecule has 0 saturated heterocycles. The summed E-state index contributed by atoms with van der Waals surface area (Å²) in [5, 5.41) is 13.0. The molecule has 3 N–H and O–H groups in total. The predicted octanol–water partition coefficient (Wildman–Crippen LogP) is 4.38. The third-order valence-electron chi connectivity index (χ3n) is 2.62. The van der Waals surface area contributed by atoms with Gasteiger partial charge in [0.25, 0.3) is 0 Å². The molecule has 2 rings (SSSR count). The lowest BCUT2D eigenvalue weighted by atomic mass is 10.1. The van der Waals surface area contributed by atoms with Gasteiger partial charge < -0.3 is 10.9 Å². The van der Waals surface area contributed by atoms with Crippen LogP contribution >= 0.6 is 35.0 Å². The van der Waals surface area contributed by atoms with Crippen molar-refractivity contribution in [2.45, 2.75) is 10.6 Å². The van der Waals surface area contributed by atoms with Crippen molar-refractivity contribution in [3.63, 3.8) is 0 Å². The van der Waals surface area contributed by atoms with E-state index in [2.05, 4.69) is 5.16 Å². The normalized spacial score (nSPS) is 11.6. The lowest BCUT2D eigenvalue weighted by Gasteiger charge is -2.06. The van der Waals surface area contributed by atoms with Crippen LogP contribution in [0, 0.1) is 0 Å². The van der Waals surface area contributed by atoms with Crippen LogP contribution in [-0.2, 0) is 5.75 Å². The Morgan fingerprint density at radius 1 is 1.20 bits per heavy atom. The number of thioether (sulfide) groups is 1. The fourth-order valence-corrected chi connectivity index (χ4v) is 3.06. The van der Waals surface area contributed by atoms with E-state index >= 15 is 0 Å². The molecule has 2 aromatic carbocycles. The van der Waals surface area contributed by atoms with Crippen molar-refractivity contribution < 1.29 is 5.21 Å². The summed E-state index contributed by atoms with van der Waals surface area (Å²) in [5.74, 6) is 0.810. The molecule has 0 fully saturated rings. The highest BCUT2D eigenvalue weighted by atomic mass is 35.5. The highest BCUT2D eigenvalue weighted by Crippen LogP contribution is 2.32. The second kappa shape index (κ2) is 6.88. The Balaban J connectivity index is 2.13. The number of hydrogen-bond donors (Lipinski definition) is 2. The Bertz CT molecular complexity index is 647. The van der Waals surface area contributed by atoms with Crippen LogP contribution in [-0.4, -0.2) is 11.0 Å². The first-order valence-corrected chi connectivity index (χ1v) is 7.49. The van der Waals surface area contributed by atoms with Crippen molar-refractivity contribution in [3.8, 4) is 0 Å². The third kappa shape index (κ3) is 3.82. The largest absolute Gasteiger partial charge is 0.409 e. The topological polar surface area (TPSA) is 58.6 Å². The Morgan fingerprint density at radius 2 is 2.00 bits per heavy atom. The molecule has 0 aliphatic heterocycles. The van der Waals surface area contributed by atoms with Gasteiger partial charge in [-0.05, 0) is 29.8 Å². The molecular formula is C14H12Cl2N2OS. The summed E-state index contributed by atoms with van der Waals surface area (Å²) in [6, 6.07) is 12.9. The summed E-state index contributed by atoms with van der Waals surface area (Å²) in [5.41, 5.74) is 7.30. The zero-order valence-corrected chi connectivity index (χ0v) is 12.7. The molecule has 0 aliphatic rings. The molecule has 0 atom stereocenters. The molecule has 0 saturated carbocycles. The lowest BCUT2D eigenvalue weighted by Crippen LogP contribution is -2.13. The molecule has 6 heteroatoms. The highest BCUT2D eigenvalue weighted by Gasteiger charge is 2.05. The number of oxime groups is 1. The van der Waals surface area contributed by atoms with Gasteiger partial charge in [-0.1, -0.05) is 46.6 Å². The summed E-state index contributed by atoms with van der Waals surface area (Å²) in [6.07, 6.45) is 0. The van der Waals surface area contributed by atoms with Gasteiger partial charge in [-0.2, -0.15) is 0 Å². The molecule has 104 valence electrons. The number of nitrogens with zero attached hydrogens (tertiary/aromatic N) is 1. The number of rotatable bonds is 4. The minimum Gasteiger partial charge on any atom is -0.409 e. The van der Waals surface area contributed by atoms with Gasteiger partial charge in [0, 0.05) is 21.2 Å². The molecule has 0 bridgehead atoms. The van der Waals surface area contributed by atoms with E-state index in [-0.39, 0.29) is 5.84 Å². The first kappa shape index (κ1) is 15.0. The maximum Gasteiger partial charge on any atom is 0.170 e. The van der Waals surface area contributed by atoms with Crippen LogP contribution in [0.2, 0.25) is 10.0 Å². The van der Waals surface area contributed by atoms with Crippen molar-refractivity contribution in [3.05, 3.63) is 63.6 Å². The number of halogens is 2. The van der Waals surface area contributed by atoms with E-state index in [4.69, 9.17) is 34.1 Å². The summed E-state index contributed by atoms with van der Waals surface area (Å²) in [7, 11) is 0. The van der Waals surface area contributed by atoms with Gasteiger partial charge in [-0.3, -0.25) is 0 Å². The molecule has 0 aliphatic carbocycles. The minimum absolute atomic E-state index is 0.0950. The molecule has 2 aromatic rings. The van der Waals surface area contributed by atoms with Gasteiger partial charge in [0.1, 0.15) is 0 Å². The van der Waals surface area contributed by atoms with Crippen LogP contribution in [0.1, 0.15) is 11.1 Å². The Hall–Kier alpha value is -1.36. The average Bonchev–Trinajstić information content (AvgIpc) is 2.47. The smallest absolute Gasteiger partial charge is 0.170 e. The van der Waals surface area contributed by atoms with Gasteiger partial charge in [0.15, 0.2) is 5.84 Å². The van der Waals surface area contributed by atoms with Crippen molar-refractivity contribution in [2.24, 2.45) is 10.9 Å². The first-order chi connectivity index (χ1) is 9.60. The number of amidine groups is 1. The van der Waals surface area contributed by atoms with E-state index in [1.165, 1.54) is 0 Å². The maximum atomic E-state index is 8.68. The molecule has 0 amide bonds. The number of nitrogens with two attached hydrogens (primary N) is 1. The average molecular weight is 327 g/mol. The fourth-order valence-electron chi connectivity index (χ4n) is 1.63. The zero-order chi connectivity index (χ0) is 14.5. The van der Waals surface area contributed by atoms with Crippen LogP contribution in [0.25, 0.3) is 0 Å².